The summed E-state index contributed by atoms with van der Waals surface area (Å²) in [5.41, 5.74) is 0.853. The highest BCUT2D eigenvalue weighted by Crippen LogP contribution is 2.30. The Labute approximate surface area is 283 Å². The van der Waals surface area contributed by atoms with Crippen LogP contribution < -0.4 is 10.1 Å². The Balaban J connectivity index is 1.85. The SMILES string of the molecule is C[C@@H]1CN([C@@H](C)CO)C(=O)c2cc(NC(=O)CCCN(C)C)ccc2O[C@@H](C)CCCCO[C@@H]1CN(C)Cc1ccc(C(F)(F)F)cc1. The number of amides is 2. The standard InChI is InChI=1S/C36H53F3N4O5/c1-25-21-43(26(2)24-44)35(46)31-20-30(40-34(45)11-9-18-41(4)5)16-17-32(31)48-27(3)10-7-8-19-47-33(25)23-42(6)22-28-12-14-29(15-13-28)36(37,38)39/h12-17,20,25-27,33,44H,7-11,18-19,21-24H2,1-6H3,(H,40,45)/t25-,26+,27+,33-/m1/s1. The van der Waals surface area contributed by atoms with Crippen molar-refractivity contribution in [3.63, 3.8) is 0 Å². The summed E-state index contributed by atoms with van der Waals surface area (Å²) in [6.07, 6.45) is -1.43. The van der Waals surface area contributed by atoms with Crippen LogP contribution in [0.2, 0.25) is 0 Å². The molecule has 0 saturated heterocycles. The highest BCUT2D eigenvalue weighted by Gasteiger charge is 2.31. The summed E-state index contributed by atoms with van der Waals surface area (Å²) >= 11 is 0. The van der Waals surface area contributed by atoms with Gasteiger partial charge in [0.2, 0.25) is 5.91 Å². The van der Waals surface area contributed by atoms with Crippen LogP contribution in [0.15, 0.2) is 42.5 Å². The van der Waals surface area contributed by atoms with E-state index in [4.69, 9.17) is 9.47 Å². The van der Waals surface area contributed by atoms with Gasteiger partial charge in [-0.3, -0.25) is 14.5 Å². The fraction of sp³-hybridized carbons (Fsp3) is 0.611. The van der Waals surface area contributed by atoms with Crippen molar-refractivity contribution < 1.29 is 37.3 Å². The van der Waals surface area contributed by atoms with Gasteiger partial charge in [-0.15, -0.1) is 0 Å². The fourth-order valence-corrected chi connectivity index (χ4v) is 5.72. The molecule has 2 aromatic rings. The highest BCUT2D eigenvalue weighted by atomic mass is 19.4. The zero-order valence-corrected chi connectivity index (χ0v) is 29.2. The monoisotopic (exact) mass is 678 g/mol. The Hall–Kier alpha value is -3.19. The second kappa shape index (κ2) is 18.5. The Bertz CT molecular complexity index is 1310. The molecule has 0 aromatic heterocycles. The van der Waals surface area contributed by atoms with Crippen LogP contribution in [0.1, 0.15) is 74.4 Å². The molecular formula is C36H53F3N4O5. The van der Waals surface area contributed by atoms with Gasteiger partial charge >= 0.3 is 6.18 Å². The number of anilines is 1. The molecule has 2 N–H and O–H groups in total. The maximum atomic E-state index is 14.3. The fourth-order valence-electron chi connectivity index (χ4n) is 5.72. The van der Waals surface area contributed by atoms with Gasteiger partial charge in [0, 0.05) is 44.3 Å². The molecule has 0 spiro atoms. The number of benzene rings is 2. The summed E-state index contributed by atoms with van der Waals surface area (Å²) in [6.45, 7) is 7.94. The van der Waals surface area contributed by atoms with Crippen molar-refractivity contribution >= 4 is 17.5 Å². The van der Waals surface area contributed by atoms with Crippen LogP contribution in [0.4, 0.5) is 18.9 Å². The number of aliphatic hydroxyl groups is 1. The molecule has 1 heterocycles. The van der Waals surface area contributed by atoms with Crippen molar-refractivity contribution in [2.45, 2.75) is 83.8 Å². The lowest BCUT2D eigenvalue weighted by atomic mass is 10.0. The molecule has 0 unspecified atom stereocenters. The highest BCUT2D eigenvalue weighted by molar-refractivity contribution is 5.99. The molecule has 12 heteroatoms. The van der Waals surface area contributed by atoms with Gasteiger partial charge in [-0.1, -0.05) is 19.1 Å². The van der Waals surface area contributed by atoms with Crippen LogP contribution >= 0.6 is 0 Å². The first-order valence-electron chi connectivity index (χ1n) is 16.8. The third kappa shape index (κ3) is 12.4. The summed E-state index contributed by atoms with van der Waals surface area (Å²) in [7, 11) is 5.80. The lowest BCUT2D eigenvalue weighted by Gasteiger charge is -2.36. The summed E-state index contributed by atoms with van der Waals surface area (Å²) in [4.78, 5) is 32.6. The molecule has 1 aliphatic heterocycles. The Kier molecular flexibility index (Phi) is 15.2. The first kappa shape index (κ1) is 39.3. The first-order chi connectivity index (χ1) is 22.7. The zero-order chi connectivity index (χ0) is 35.4. The summed E-state index contributed by atoms with van der Waals surface area (Å²) in [6, 6.07) is 9.75. The number of nitrogens with zero attached hydrogens (tertiary/aromatic N) is 3. The molecule has 0 aliphatic carbocycles. The van der Waals surface area contributed by atoms with Crippen molar-refractivity contribution in [3.05, 3.63) is 59.2 Å². The van der Waals surface area contributed by atoms with Crippen LogP contribution in [0.25, 0.3) is 0 Å². The molecule has 2 amide bonds. The number of rotatable bonds is 11. The number of hydrogen-bond acceptors (Lipinski definition) is 7. The Morgan fingerprint density at radius 3 is 2.46 bits per heavy atom. The van der Waals surface area contributed by atoms with Crippen molar-refractivity contribution in [1.82, 2.24) is 14.7 Å². The van der Waals surface area contributed by atoms with Gasteiger partial charge in [-0.2, -0.15) is 13.2 Å². The normalized spacial score (nSPS) is 20.6. The molecule has 48 heavy (non-hydrogen) atoms. The molecule has 1 aliphatic rings. The number of fused-ring (bicyclic) bond motifs is 1. The predicted octanol–water partition coefficient (Wildman–Crippen LogP) is 5.91. The van der Waals surface area contributed by atoms with Crippen LogP contribution in [-0.4, -0.2) is 104 Å². The minimum absolute atomic E-state index is 0.144. The van der Waals surface area contributed by atoms with E-state index in [1.165, 1.54) is 12.1 Å². The van der Waals surface area contributed by atoms with E-state index in [-0.39, 0.29) is 43.1 Å². The van der Waals surface area contributed by atoms with E-state index in [0.717, 1.165) is 43.5 Å². The average Bonchev–Trinajstić information content (AvgIpc) is 3.02. The lowest BCUT2D eigenvalue weighted by molar-refractivity contribution is -0.137. The minimum atomic E-state index is -4.39. The molecule has 268 valence electrons. The number of halogens is 3. The predicted molar refractivity (Wildman–Crippen MR) is 181 cm³/mol. The van der Waals surface area contributed by atoms with Gasteiger partial charge in [-0.05, 0) is 103 Å². The van der Waals surface area contributed by atoms with Gasteiger partial charge in [0.25, 0.3) is 5.91 Å². The zero-order valence-electron chi connectivity index (χ0n) is 29.2. The second-order valence-electron chi connectivity index (χ2n) is 13.4. The molecule has 2 aromatic carbocycles. The number of ether oxygens (including phenoxy) is 2. The second-order valence-corrected chi connectivity index (χ2v) is 13.4. The smallest absolute Gasteiger partial charge is 0.416 e. The molecular weight excluding hydrogens is 625 g/mol. The van der Waals surface area contributed by atoms with Crippen molar-refractivity contribution in [2.24, 2.45) is 5.92 Å². The average molecular weight is 679 g/mol. The largest absolute Gasteiger partial charge is 0.490 e. The number of aliphatic hydroxyl groups excluding tert-OH is 1. The number of alkyl halides is 3. The Morgan fingerprint density at radius 1 is 1.10 bits per heavy atom. The maximum Gasteiger partial charge on any atom is 0.416 e. The van der Waals surface area contributed by atoms with Gasteiger partial charge in [-0.25, -0.2) is 0 Å². The molecule has 0 fully saturated rings. The number of carbonyl (C=O) groups excluding carboxylic acids is 2. The van der Waals surface area contributed by atoms with E-state index in [2.05, 4.69) is 5.32 Å². The topological polar surface area (TPSA) is 94.6 Å². The molecule has 0 saturated carbocycles. The lowest BCUT2D eigenvalue weighted by Crippen LogP contribution is -2.47. The van der Waals surface area contributed by atoms with E-state index >= 15 is 0 Å². The number of nitrogens with one attached hydrogen (secondary N) is 1. The van der Waals surface area contributed by atoms with E-state index < -0.39 is 17.8 Å². The molecule has 0 radical (unpaired) electrons. The third-order valence-corrected chi connectivity index (χ3v) is 8.57. The van der Waals surface area contributed by atoms with Crippen LogP contribution in [-0.2, 0) is 22.3 Å². The van der Waals surface area contributed by atoms with E-state index in [9.17, 15) is 27.9 Å². The summed E-state index contributed by atoms with van der Waals surface area (Å²) < 4.78 is 51.8. The maximum absolute atomic E-state index is 14.3. The van der Waals surface area contributed by atoms with E-state index in [0.29, 0.717) is 49.5 Å². The quantitative estimate of drug-likeness (QED) is 0.305. The minimum Gasteiger partial charge on any atom is -0.490 e. The number of hydrogen-bond donors (Lipinski definition) is 2. The first-order valence-corrected chi connectivity index (χ1v) is 16.8. The van der Waals surface area contributed by atoms with Gasteiger partial charge < -0.3 is 29.7 Å². The summed E-state index contributed by atoms with van der Waals surface area (Å²) in [5.74, 6) is -0.219. The van der Waals surface area contributed by atoms with Crippen LogP contribution in [0, 0.1) is 5.92 Å². The molecule has 4 atom stereocenters. The molecule has 9 nitrogen and oxygen atoms in total. The Morgan fingerprint density at radius 2 is 1.81 bits per heavy atom. The third-order valence-electron chi connectivity index (χ3n) is 8.57. The van der Waals surface area contributed by atoms with Crippen molar-refractivity contribution in [2.75, 3.05) is 59.3 Å². The van der Waals surface area contributed by atoms with Crippen LogP contribution in [0.5, 0.6) is 5.75 Å². The van der Waals surface area contributed by atoms with Crippen molar-refractivity contribution in [1.29, 1.82) is 0 Å². The number of likely N-dealkylation sites (N-methyl/N-ethyl adjacent to an activating group) is 1. The van der Waals surface area contributed by atoms with Crippen molar-refractivity contribution in [3.8, 4) is 5.75 Å². The van der Waals surface area contributed by atoms with Gasteiger partial charge in [0.15, 0.2) is 0 Å². The van der Waals surface area contributed by atoms with E-state index in [1.54, 1.807) is 30.0 Å². The van der Waals surface area contributed by atoms with Gasteiger partial charge in [0.1, 0.15) is 5.75 Å². The summed E-state index contributed by atoms with van der Waals surface area (Å²) in [5, 5.41) is 13.1. The van der Waals surface area contributed by atoms with Gasteiger partial charge in [0.05, 0.1) is 36.0 Å². The van der Waals surface area contributed by atoms with E-state index in [1.807, 2.05) is 44.8 Å². The molecule has 0 bridgehead atoms. The van der Waals surface area contributed by atoms with Crippen LogP contribution in [0.3, 0.4) is 0 Å². The molecule has 3 rings (SSSR count). The number of carbonyl (C=O) groups is 2.